The number of hydrogen-bond acceptors (Lipinski definition) is 5. The van der Waals surface area contributed by atoms with E-state index in [2.05, 4.69) is 27.2 Å². The molecule has 3 aromatic heterocycles. The number of benzene rings is 2. The molecule has 6 nitrogen and oxygen atoms in total. The van der Waals surface area contributed by atoms with Crippen LogP contribution >= 0.6 is 11.3 Å². The molecule has 5 aromatic rings. The summed E-state index contributed by atoms with van der Waals surface area (Å²) in [6, 6.07) is 19.8. The highest BCUT2D eigenvalue weighted by Crippen LogP contribution is 2.28. The minimum Gasteiger partial charge on any atom is -0.287 e. The number of aromatic nitrogens is 4. The van der Waals surface area contributed by atoms with E-state index >= 15 is 0 Å². The predicted molar refractivity (Wildman–Crippen MR) is 115 cm³/mol. The highest BCUT2D eigenvalue weighted by Gasteiger charge is 2.18. The van der Waals surface area contributed by atoms with Crippen molar-refractivity contribution in [3.8, 4) is 0 Å². The molecule has 0 saturated carbocycles. The van der Waals surface area contributed by atoms with Crippen LogP contribution in [0.25, 0.3) is 21.3 Å². The molecule has 29 heavy (non-hydrogen) atoms. The highest BCUT2D eigenvalue weighted by molar-refractivity contribution is 7.22. The fourth-order valence-electron chi connectivity index (χ4n) is 3.24. The number of pyridine rings is 1. The summed E-state index contributed by atoms with van der Waals surface area (Å²) in [7, 11) is 1.74. The highest BCUT2D eigenvalue weighted by atomic mass is 32.1. The first-order valence-electron chi connectivity index (χ1n) is 9.18. The Labute approximate surface area is 171 Å². The smallest absolute Gasteiger partial charge is 0.261 e. The summed E-state index contributed by atoms with van der Waals surface area (Å²) in [4.78, 5) is 23.6. The first-order chi connectivity index (χ1) is 14.2. The molecule has 0 N–H and O–H groups in total. The lowest BCUT2D eigenvalue weighted by atomic mass is 10.2. The topological polar surface area (TPSA) is 63.9 Å². The maximum atomic E-state index is 13.0. The largest absolute Gasteiger partial charge is 0.287 e. The Hall–Kier alpha value is -3.58. The molecule has 0 aliphatic heterocycles. The molecule has 7 heteroatoms. The van der Waals surface area contributed by atoms with E-state index < -0.39 is 0 Å². The van der Waals surface area contributed by atoms with E-state index in [-0.39, 0.29) is 5.91 Å². The Morgan fingerprint density at radius 1 is 1.07 bits per heavy atom. The van der Waals surface area contributed by atoms with Gasteiger partial charge in [0, 0.05) is 18.6 Å². The van der Waals surface area contributed by atoms with Gasteiger partial charge in [-0.25, -0.2) is 14.6 Å². The maximum Gasteiger partial charge on any atom is 0.261 e. The lowest BCUT2D eigenvalue weighted by molar-refractivity contribution is 0.0993. The van der Waals surface area contributed by atoms with Crippen LogP contribution in [0.5, 0.6) is 0 Å². The number of carbonyl (C=O) groups is 1. The van der Waals surface area contributed by atoms with Gasteiger partial charge in [-0.2, -0.15) is 5.10 Å². The Morgan fingerprint density at radius 2 is 1.86 bits per heavy atom. The van der Waals surface area contributed by atoms with E-state index in [4.69, 9.17) is 0 Å². The fourth-order valence-corrected chi connectivity index (χ4v) is 4.17. The van der Waals surface area contributed by atoms with Crippen LogP contribution in [0.4, 0.5) is 5.13 Å². The van der Waals surface area contributed by atoms with Crippen molar-refractivity contribution in [2.45, 2.75) is 6.54 Å². The fraction of sp³-hybridized carbons (Fsp3) is 0.0909. The van der Waals surface area contributed by atoms with Gasteiger partial charge in [0.05, 0.1) is 28.5 Å². The van der Waals surface area contributed by atoms with Crippen molar-refractivity contribution in [1.29, 1.82) is 0 Å². The second kappa shape index (κ2) is 7.10. The van der Waals surface area contributed by atoms with Crippen molar-refractivity contribution in [2.75, 3.05) is 11.9 Å². The standard InChI is InChI=1S/C22H17N5OS/c1-26(22-25-18-9-5-6-10-19(18)29-22)21(28)17-11-16-13-24-27(20(16)23-12-17)14-15-7-3-2-4-8-15/h2-13H,14H2,1H3. The summed E-state index contributed by atoms with van der Waals surface area (Å²) in [5, 5.41) is 5.94. The summed E-state index contributed by atoms with van der Waals surface area (Å²) in [5.41, 5.74) is 3.31. The Kier molecular flexibility index (Phi) is 4.29. The minimum absolute atomic E-state index is 0.144. The van der Waals surface area contributed by atoms with E-state index in [1.165, 1.54) is 11.3 Å². The zero-order chi connectivity index (χ0) is 19.8. The second-order valence-electron chi connectivity index (χ2n) is 6.75. The number of nitrogens with zero attached hydrogens (tertiary/aromatic N) is 5. The molecule has 0 spiro atoms. The summed E-state index contributed by atoms with van der Waals surface area (Å²) < 4.78 is 2.90. The molecule has 0 aliphatic carbocycles. The van der Waals surface area contributed by atoms with Crippen LogP contribution in [0.15, 0.2) is 73.1 Å². The van der Waals surface area contributed by atoms with Crippen molar-refractivity contribution in [1.82, 2.24) is 19.7 Å². The molecule has 2 aromatic carbocycles. The van der Waals surface area contributed by atoms with Crippen molar-refractivity contribution in [3.05, 3.63) is 84.2 Å². The summed E-state index contributed by atoms with van der Waals surface area (Å²) in [6.07, 6.45) is 3.36. The number of fused-ring (bicyclic) bond motifs is 2. The number of anilines is 1. The van der Waals surface area contributed by atoms with Crippen LogP contribution in [0.2, 0.25) is 0 Å². The third-order valence-electron chi connectivity index (χ3n) is 4.77. The Bertz CT molecular complexity index is 1290. The van der Waals surface area contributed by atoms with Crippen LogP contribution < -0.4 is 4.90 Å². The molecule has 0 radical (unpaired) electrons. The van der Waals surface area contributed by atoms with Crippen LogP contribution in [0.3, 0.4) is 0 Å². The molecule has 0 unspecified atom stereocenters. The molecule has 0 fully saturated rings. The summed E-state index contributed by atoms with van der Waals surface area (Å²) >= 11 is 1.49. The maximum absolute atomic E-state index is 13.0. The number of thiazole rings is 1. The van der Waals surface area contributed by atoms with Crippen LogP contribution in [-0.4, -0.2) is 32.7 Å². The summed E-state index contributed by atoms with van der Waals surface area (Å²) in [5.74, 6) is -0.144. The van der Waals surface area contributed by atoms with Gasteiger partial charge in [0.1, 0.15) is 0 Å². The molecule has 0 aliphatic rings. The van der Waals surface area contributed by atoms with Crippen molar-refractivity contribution in [2.24, 2.45) is 0 Å². The Morgan fingerprint density at radius 3 is 2.69 bits per heavy atom. The average molecular weight is 399 g/mol. The van der Waals surface area contributed by atoms with E-state index in [9.17, 15) is 4.79 Å². The van der Waals surface area contributed by atoms with Gasteiger partial charge in [-0.1, -0.05) is 53.8 Å². The van der Waals surface area contributed by atoms with Crippen LogP contribution in [-0.2, 0) is 6.54 Å². The molecule has 0 atom stereocenters. The van der Waals surface area contributed by atoms with E-state index in [0.29, 0.717) is 17.2 Å². The molecular formula is C22H17N5OS. The minimum atomic E-state index is -0.144. The van der Waals surface area contributed by atoms with Crippen LogP contribution in [0.1, 0.15) is 15.9 Å². The van der Waals surface area contributed by atoms with E-state index in [1.807, 2.05) is 53.2 Å². The van der Waals surface area contributed by atoms with Gasteiger partial charge < -0.3 is 0 Å². The quantitative estimate of drug-likeness (QED) is 0.450. The molecule has 0 saturated heterocycles. The molecule has 142 valence electrons. The van der Waals surface area contributed by atoms with Gasteiger partial charge >= 0.3 is 0 Å². The number of amides is 1. The lowest BCUT2D eigenvalue weighted by Gasteiger charge is -2.13. The number of hydrogen-bond donors (Lipinski definition) is 0. The Balaban J connectivity index is 1.43. The van der Waals surface area contributed by atoms with Crippen LogP contribution in [0, 0.1) is 0 Å². The van der Waals surface area contributed by atoms with Crippen molar-refractivity contribution >= 4 is 43.6 Å². The average Bonchev–Trinajstić information content (AvgIpc) is 3.37. The molecular weight excluding hydrogens is 382 g/mol. The number of carbonyl (C=O) groups excluding carboxylic acids is 1. The molecule has 3 heterocycles. The van der Waals surface area contributed by atoms with Crippen molar-refractivity contribution < 1.29 is 4.79 Å². The zero-order valence-electron chi connectivity index (χ0n) is 15.7. The van der Waals surface area contributed by atoms with E-state index in [1.54, 1.807) is 24.3 Å². The first kappa shape index (κ1) is 17.5. The van der Waals surface area contributed by atoms with Gasteiger partial charge in [0.15, 0.2) is 10.8 Å². The normalized spacial score (nSPS) is 11.2. The van der Waals surface area contributed by atoms with Gasteiger partial charge in [0.25, 0.3) is 5.91 Å². The lowest BCUT2D eigenvalue weighted by Crippen LogP contribution is -2.26. The number of rotatable bonds is 4. The van der Waals surface area contributed by atoms with Gasteiger partial charge in [-0.3, -0.25) is 9.69 Å². The van der Waals surface area contributed by atoms with Gasteiger partial charge in [0.2, 0.25) is 0 Å². The third kappa shape index (κ3) is 3.25. The zero-order valence-corrected chi connectivity index (χ0v) is 16.5. The molecule has 1 amide bonds. The molecule has 5 rings (SSSR count). The molecule has 0 bridgehead atoms. The second-order valence-corrected chi connectivity index (χ2v) is 7.76. The van der Waals surface area contributed by atoms with E-state index in [0.717, 1.165) is 26.8 Å². The third-order valence-corrected chi connectivity index (χ3v) is 5.88. The van der Waals surface area contributed by atoms with Crippen molar-refractivity contribution in [3.63, 3.8) is 0 Å². The number of para-hydroxylation sites is 1. The van der Waals surface area contributed by atoms with Gasteiger partial charge in [-0.05, 0) is 23.8 Å². The monoisotopic (exact) mass is 399 g/mol. The SMILES string of the molecule is CN(C(=O)c1cnc2c(cnn2Cc2ccccc2)c1)c1nc2ccccc2s1. The predicted octanol–water partition coefficient (Wildman–Crippen LogP) is 4.37. The van der Waals surface area contributed by atoms with Gasteiger partial charge in [-0.15, -0.1) is 0 Å². The summed E-state index contributed by atoms with van der Waals surface area (Å²) in [6.45, 7) is 0.635. The first-order valence-corrected chi connectivity index (χ1v) is 10.00.